The van der Waals surface area contributed by atoms with Crippen LogP contribution in [0.3, 0.4) is 0 Å². The van der Waals surface area contributed by atoms with Gasteiger partial charge in [-0.3, -0.25) is 4.79 Å². The van der Waals surface area contributed by atoms with E-state index < -0.39 is 30.0 Å². The van der Waals surface area contributed by atoms with E-state index in [-0.39, 0.29) is 12.2 Å². The highest BCUT2D eigenvalue weighted by Crippen LogP contribution is 2.22. The highest BCUT2D eigenvalue weighted by atomic mass is 19.1. The van der Waals surface area contributed by atoms with Crippen LogP contribution in [0.15, 0.2) is 12.1 Å². The molecule has 0 saturated carbocycles. The zero-order valence-electron chi connectivity index (χ0n) is 10.4. The molecule has 1 aromatic rings. The minimum absolute atomic E-state index is 0.145. The standard InChI is InChI=1S/C13H14F2O4/c1-2-3-4-18-12(17)8-19-13-10(14)5-9(7-16)6-11(13)15/h5-7H,2-4,8H2,1H3. The van der Waals surface area contributed by atoms with Crippen molar-refractivity contribution in [3.63, 3.8) is 0 Å². The number of hydrogen-bond acceptors (Lipinski definition) is 4. The molecule has 0 saturated heterocycles. The van der Waals surface area contributed by atoms with E-state index >= 15 is 0 Å². The van der Waals surface area contributed by atoms with E-state index in [1.165, 1.54) is 0 Å². The summed E-state index contributed by atoms with van der Waals surface area (Å²) in [6.45, 7) is 1.59. The van der Waals surface area contributed by atoms with Crippen LogP contribution in [0.25, 0.3) is 0 Å². The molecule has 0 amide bonds. The molecule has 0 unspecified atom stereocenters. The molecule has 0 N–H and O–H groups in total. The van der Waals surface area contributed by atoms with Gasteiger partial charge in [0, 0.05) is 5.56 Å². The fourth-order valence-electron chi connectivity index (χ4n) is 1.29. The van der Waals surface area contributed by atoms with Gasteiger partial charge in [-0.05, 0) is 18.6 Å². The molecule has 0 radical (unpaired) electrons. The number of aldehydes is 1. The predicted octanol–water partition coefficient (Wildman–Crippen LogP) is 2.50. The summed E-state index contributed by atoms with van der Waals surface area (Å²) in [6, 6.07) is 1.65. The third-order valence-corrected chi connectivity index (χ3v) is 2.25. The second kappa shape index (κ2) is 7.45. The lowest BCUT2D eigenvalue weighted by Crippen LogP contribution is -2.16. The Hall–Kier alpha value is -1.98. The molecule has 0 spiro atoms. The lowest BCUT2D eigenvalue weighted by molar-refractivity contribution is -0.146. The van der Waals surface area contributed by atoms with Gasteiger partial charge in [-0.25, -0.2) is 13.6 Å². The largest absolute Gasteiger partial charge is 0.476 e. The predicted molar refractivity (Wildman–Crippen MR) is 63.1 cm³/mol. The van der Waals surface area contributed by atoms with Crippen LogP contribution >= 0.6 is 0 Å². The summed E-state index contributed by atoms with van der Waals surface area (Å²) in [4.78, 5) is 21.6. The van der Waals surface area contributed by atoms with Crippen molar-refractivity contribution < 1.29 is 27.8 Å². The Morgan fingerprint density at radius 2 is 1.95 bits per heavy atom. The smallest absolute Gasteiger partial charge is 0.344 e. The molecule has 0 aliphatic rings. The van der Waals surface area contributed by atoms with E-state index in [0.717, 1.165) is 18.6 Å². The molecule has 0 fully saturated rings. The van der Waals surface area contributed by atoms with Crippen LogP contribution in [0.2, 0.25) is 0 Å². The van der Waals surface area contributed by atoms with Crippen molar-refractivity contribution in [3.05, 3.63) is 29.3 Å². The maximum Gasteiger partial charge on any atom is 0.344 e. The average molecular weight is 272 g/mol. The third-order valence-electron chi connectivity index (χ3n) is 2.25. The fourth-order valence-corrected chi connectivity index (χ4v) is 1.29. The Labute approximate surface area is 109 Å². The van der Waals surface area contributed by atoms with E-state index in [2.05, 4.69) is 0 Å². The number of carbonyl (C=O) groups is 2. The molecule has 1 aromatic carbocycles. The SMILES string of the molecule is CCCCOC(=O)COc1c(F)cc(C=O)cc1F. The molecule has 1 rings (SSSR count). The van der Waals surface area contributed by atoms with E-state index in [9.17, 15) is 18.4 Å². The van der Waals surface area contributed by atoms with Crippen molar-refractivity contribution in [1.29, 1.82) is 0 Å². The lowest BCUT2D eigenvalue weighted by Gasteiger charge is -2.08. The van der Waals surface area contributed by atoms with E-state index in [4.69, 9.17) is 9.47 Å². The molecule has 0 aliphatic carbocycles. The van der Waals surface area contributed by atoms with Crippen molar-refractivity contribution in [3.8, 4) is 5.75 Å². The molecule has 0 bridgehead atoms. The normalized spacial score (nSPS) is 10.1. The monoisotopic (exact) mass is 272 g/mol. The van der Waals surface area contributed by atoms with Gasteiger partial charge in [0.15, 0.2) is 24.0 Å². The number of hydrogen-bond donors (Lipinski definition) is 0. The third kappa shape index (κ3) is 4.65. The first-order chi connectivity index (χ1) is 9.08. The molecule has 0 atom stereocenters. The van der Waals surface area contributed by atoms with Crippen molar-refractivity contribution >= 4 is 12.3 Å². The van der Waals surface area contributed by atoms with E-state index in [1.54, 1.807) is 0 Å². The maximum absolute atomic E-state index is 13.4. The minimum Gasteiger partial charge on any atom is -0.476 e. The molecular formula is C13H14F2O4. The number of benzene rings is 1. The van der Waals surface area contributed by atoms with Gasteiger partial charge in [-0.2, -0.15) is 0 Å². The molecular weight excluding hydrogens is 258 g/mol. The molecule has 104 valence electrons. The first-order valence-corrected chi connectivity index (χ1v) is 5.81. The number of esters is 1. The van der Waals surface area contributed by atoms with Gasteiger partial charge in [-0.1, -0.05) is 13.3 Å². The number of ether oxygens (including phenoxy) is 2. The van der Waals surface area contributed by atoms with Crippen LogP contribution in [-0.4, -0.2) is 25.5 Å². The number of rotatable bonds is 7. The Morgan fingerprint density at radius 1 is 1.32 bits per heavy atom. The molecule has 0 aliphatic heterocycles. The summed E-state index contributed by atoms with van der Waals surface area (Å²) >= 11 is 0. The summed E-state index contributed by atoms with van der Waals surface area (Å²) in [7, 11) is 0. The summed E-state index contributed by atoms with van der Waals surface area (Å²) in [5, 5.41) is 0. The van der Waals surface area contributed by atoms with Crippen LogP contribution in [0, 0.1) is 11.6 Å². The Balaban J connectivity index is 2.58. The first kappa shape index (κ1) is 15.1. The Bertz CT molecular complexity index is 437. The zero-order chi connectivity index (χ0) is 14.3. The van der Waals surface area contributed by atoms with Gasteiger partial charge in [0.05, 0.1) is 6.61 Å². The van der Waals surface area contributed by atoms with Gasteiger partial charge in [0.1, 0.15) is 6.29 Å². The number of carbonyl (C=O) groups excluding carboxylic acids is 2. The van der Waals surface area contributed by atoms with Gasteiger partial charge >= 0.3 is 5.97 Å². The maximum atomic E-state index is 13.4. The van der Waals surface area contributed by atoms with Crippen LogP contribution in [0.4, 0.5) is 8.78 Å². The first-order valence-electron chi connectivity index (χ1n) is 5.81. The van der Waals surface area contributed by atoms with Gasteiger partial charge < -0.3 is 9.47 Å². The second-order valence-electron chi connectivity index (χ2n) is 3.79. The molecule has 4 nitrogen and oxygen atoms in total. The number of unbranched alkanes of at least 4 members (excludes halogenated alkanes) is 1. The van der Waals surface area contributed by atoms with E-state index in [1.807, 2.05) is 6.92 Å². The van der Waals surface area contributed by atoms with Gasteiger partial charge in [0.2, 0.25) is 0 Å². The van der Waals surface area contributed by atoms with Crippen molar-refractivity contribution in [2.75, 3.05) is 13.2 Å². The summed E-state index contributed by atoms with van der Waals surface area (Å²) < 4.78 is 36.2. The van der Waals surface area contributed by atoms with Crippen molar-refractivity contribution in [1.82, 2.24) is 0 Å². The van der Waals surface area contributed by atoms with Crippen LogP contribution in [0.1, 0.15) is 30.1 Å². The lowest BCUT2D eigenvalue weighted by atomic mass is 10.2. The molecule has 6 heteroatoms. The second-order valence-corrected chi connectivity index (χ2v) is 3.79. The number of halogens is 2. The van der Waals surface area contributed by atoms with Crippen molar-refractivity contribution in [2.45, 2.75) is 19.8 Å². The molecule has 0 aromatic heterocycles. The Kier molecular flexibility index (Phi) is 5.92. The summed E-state index contributed by atoms with van der Waals surface area (Å²) in [5.41, 5.74) is -0.145. The van der Waals surface area contributed by atoms with E-state index in [0.29, 0.717) is 12.7 Å². The average Bonchev–Trinajstić information content (AvgIpc) is 2.37. The quantitative estimate of drug-likeness (QED) is 0.435. The summed E-state index contributed by atoms with van der Waals surface area (Å²) in [6.07, 6.45) is 1.89. The van der Waals surface area contributed by atoms with Gasteiger partial charge in [0.25, 0.3) is 0 Å². The van der Waals surface area contributed by atoms with Crippen molar-refractivity contribution in [2.24, 2.45) is 0 Å². The highest BCUT2D eigenvalue weighted by molar-refractivity contribution is 5.75. The topological polar surface area (TPSA) is 52.6 Å². The van der Waals surface area contributed by atoms with Crippen LogP contribution < -0.4 is 4.74 Å². The highest BCUT2D eigenvalue weighted by Gasteiger charge is 2.14. The fraction of sp³-hybridized carbons (Fsp3) is 0.385. The van der Waals surface area contributed by atoms with Crippen LogP contribution in [0.5, 0.6) is 5.75 Å². The molecule has 0 heterocycles. The molecule has 19 heavy (non-hydrogen) atoms. The van der Waals surface area contributed by atoms with Gasteiger partial charge in [-0.15, -0.1) is 0 Å². The Morgan fingerprint density at radius 3 is 2.47 bits per heavy atom. The summed E-state index contributed by atoms with van der Waals surface area (Å²) in [5.74, 6) is -3.48. The zero-order valence-corrected chi connectivity index (χ0v) is 10.4. The van der Waals surface area contributed by atoms with Crippen LogP contribution in [-0.2, 0) is 9.53 Å². The minimum atomic E-state index is -1.04.